The van der Waals surface area contributed by atoms with Gasteiger partial charge in [0.1, 0.15) is 0 Å². The molecule has 0 bridgehead atoms. The van der Waals surface area contributed by atoms with Crippen LogP contribution in [0.3, 0.4) is 0 Å². The van der Waals surface area contributed by atoms with Crippen LogP contribution in [0.15, 0.2) is 12.0 Å². The average Bonchev–Trinajstić information content (AvgIpc) is 3.12. The summed E-state index contributed by atoms with van der Waals surface area (Å²) in [5.74, 6) is -0.153. The van der Waals surface area contributed by atoms with Gasteiger partial charge in [-0.1, -0.05) is 12.8 Å². The molecule has 0 spiro atoms. The number of nitrogens with zero attached hydrogens (tertiary/aromatic N) is 1. The third kappa shape index (κ3) is 5.30. The van der Waals surface area contributed by atoms with Crippen molar-refractivity contribution in [3.8, 4) is 0 Å². The first-order chi connectivity index (χ1) is 12.7. The van der Waals surface area contributed by atoms with Gasteiger partial charge in [0.05, 0.1) is 12.1 Å². The molecule has 0 radical (unpaired) electrons. The lowest BCUT2D eigenvalue weighted by Gasteiger charge is -2.37. The molecule has 0 aromatic rings. The monoisotopic (exact) mass is 381 g/mol. The van der Waals surface area contributed by atoms with Gasteiger partial charge in [0.25, 0.3) is 0 Å². The molecule has 1 saturated heterocycles. The smallest absolute Gasteiger partial charge is 0.246 e. The topological polar surface area (TPSA) is 106 Å². The number of hydrogen-bond acceptors (Lipinski definition) is 6. The molecule has 2 rings (SSSR count). The molecule has 7 nitrogen and oxygen atoms in total. The first-order valence-electron chi connectivity index (χ1n) is 9.92. The first-order valence-corrected chi connectivity index (χ1v) is 9.92. The van der Waals surface area contributed by atoms with Gasteiger partial charge in [0, 0.05) is 37.0 Å². The summed E-state index contributed by atoms with van der Waals surface area (Å²) < 4.78 is 5.39. The molecular weight excluding hydrogens is 346 g/mol. The Balaban J connectivity index is 1.95. The van der Waals surface area contributed by atoms with Crippen molar-refractivity contribution in [2.24, 2.45) is 11.3 Å². The largest absolute Gasteiger partial charge is 0.494 e. The molecule has 1 aliphatic carbocycles. The Labute approximate surface area is 162 Å². The molecular formula is C20H35N3O4. The zero-order valence-electron chi connectivity index (χ0n) is 16.9. The summed E-state index contributed by atoms with van der Waals surface area (Å²) in [6.45, 7) is 5.87. The van der Waals surface area contributed by atoms with Gasteiger partial charge in [-0.2, -0.15) is 0 Å². The van der Waals surface area contributed by atoms with Crippen molar-refractivity contribution < 1.29 is 19.7 Å². The van der Waals surface area contributed by atoms with Crippen LogP contribution in [0, 0.1) is 16.7 Å². The Morgan fingerprint density at radius 3 is 2.48 bits per heavy atom. The number of ether oxygens (including phenoxy) is 1. The van der Waals surface area contributed by atoms with E-state index in [1.54, 1.807) is 0 Å². The van der Waals surface area contributed by atoms with E-state index in [4.69, 9.17) is 10.1 Å². The lowest BCUT2D eigenvalue weighted by molar-refractivity contribution is -0.131. The highest BCUT2D eigenvalue weighted by molar-refractivity contribution is 5.98. The maximum absolute atomic E-state index is 12.7. The predicted octanol–water partition coefficient (Wildman–Crippen LogP) is 2.21. The van der Waals surface area contributed by atoms with Crippen molar-refractivity contribution in [1.29, 1.82) is 5.41 Å². The summed E-state index contributed by atoms with van der Waals surface area (Å²) in [4.78, 5) is 14.7. The number of aliphatic hydroxyl groups is 2. The molecule has 4 N–H and O–H groups in total. The third-order valence-corrected chi connectivity index (χ3v) is 6.34. The van der Waals surface area contributed by atoms with E-state index in [9.17, 15) is 15.0 Å². The number of hydrogen-bond donors (Lipinski definition) is 4. The van der Waals surface area contributed by atoms with Crippen LogP contribution in [0.1, 0.15) is 52.4 Å². The molecule has 0 aromatic heterocycles. The van der Waals surface area contributed by atoms with Crippen LogP contribution in [-0.2, 0) is 9.53 Å². The van der Waals surface area contributed by atoms with E-state index < -0.39 is 11.0 Å². The minimum Gasteiger partial charge on any atom is -0.494 e. The van der Waals surface area contributed by atoms with Crippen molar-refractivity contribution >= 4 is 11.6 Å². The summed E-state index contributed by atoms with van der Waals surface area (Å²) in [7, 11) is 1.91. The van der Waals surface area contributed by atoms with Gasteiger partial charge in [-0.25, -0.2) is 0 Å². The van der Waals surface area contributed by atoms with Crippen LogP contribution >= 0.6 is 0 Å². The van der Waals surface area contributed by atoms with Gasteiger partial charge >= 0.3 is 0 Å². The van der Waals surface area contributed by atoms with Crippen LogP contribution in [0.4, 0.5) is 0 Å². The van der Waals surface area contributed by atoms with Gasteiger partial charge in [-0.05, 0) is 52.5 Å². The van der Waals surface area contributed by atoms with Crippen molar-refractivity contribution in [1.82, 2.24) is 10.2 Å². The molecule has 0 aromatic carbocycles. The van der Waals surface area contributed by atoms with Crippen LogP contribution < -0.4 is 5.32 Å². The zero-order valence-corrected chi connectivity index (χ0v) is 16.9. The lowest BCUT2D eigenvalue weighted by atomic mass is 9.82. The normalized spacial score (nSPS) is 21.4. The maximum Gasteiger partial charge on any atom is 0.246 e. The van der Waals surface area contributed by atoms with Gasteiger partial charge in [-0.3, -0.25) is 15.0 Å². The Hall–Kier alpha value is -1.44. The van der Waals surface area contributed by atoms with Crippen molar-refractivity contribution in [2.45, 2.75) is 57.9 Å². The van der Waals surface area contributed by atoms with Crippen molar-refractivity contribution in [3.05, 3.63) is 12.0 Å². The second kappa shape index (κ2) is 9.17. The van der Waals surface area contributed by atoms with E-state index in [1.807, 2.05) is 25.8 Å². The SMILES string of the molecule is CN(CC1CCOCC1)C(C)(C)C(=O)N/C(O)=C/C(=N)C1(CO)CCCC1. The number of carbonyl (C=O) groups excluding carboxylic acids is 1. The van der Waals surface area contributed by atoms with E-state index in [2.05, 4.69) is 5.32 Å². The number of likely N-dealkylation sites (N-methyl/N-ethyl adjacent to an activating group) is 1. The summed E-state index contributed by atoms with van der Waals surface area (Å²) in [6.07, 6.45) is 6.66. The molecule has 1 amide bonds. The molecule has 7 heteroatoms. The molecule has 1 aliphatic heterocycles. The second-order valence-electron chi connectivity index (χ2n) is 8.54. The fourth-order valence-electron chi connectivity index (χ4n) is 3.88. The number of rotatable bonds is 8. The molecule has 154 valence electrons. The van der Waals surface area contributed by atoms with Crippen molar-refractivity contribution in [2.75, 3.05) is 33.4 Å². The van der Waals surface area contributed by atoms with Crippen LogP contribution in [-0.4, -0.2) is 65.7 Å². The highest BCUT2D eigenvalue weighted by Gasteiger charge is 2.38. The number of nitrogens with one attached hydrogen (secondary N) is 2. The average molecular weight is 382 g/mol. The Kier molecular flexibility index (Phi) is 7.42. The predicted molar refractivity (Wildman–Crippen MR) is 105 cm³/mol. The molecule has 2 fully saturated rings. The molecule has 1 heterocycles. The maximum atomic E-state index is 12.7. The summed E-state index contributed by atoms with van der Waals surface area (Å²) >= 11 is 0. The van der Waals surface area contributed by atoms with E-state index in [0.29, 0.717) is 5.92 Å². The van der Waals surface area contributed by atoms with Crippen LogP contribution in [0.2, 0.25) is 0 Å². The highest BCUT2D eigenvalue weighted by atomic mass is 16.5. The summed E-state index contributed by atoms with van der Waals surface area (Å²) in [5, 5.41) is 30.7. The van der Waals surface area contributed by atoms with Gasteiger partial charge in [0.15, 0.2) is 5.88 Å². The number of aliphatic hydroxyl groups excluding tert-OH is 2. The quantitative estimate of drug-likeness (QED) is 0.381. The molecule has 0 unspecified atom stereocenters. The number of amides is 1. The van der Waals surface area contributed by atoms with E-state index in [1.165, 1.54) is 6.08 Å². The highest BCUT2D eigenvalue weighted by Crippen LogP contribution is 2.39. The van der Waals surface area contributed by atoms with Crippen molar-refractivity contribution in [3.63, 3.8) is 0 Å². The minimum atomic E-state index is -0.801. The summed E-state index contributed by atoms with van der Waals surface area (Å²) in [6, 6.07) is 0. The molecule has 1 saturated carbocycles. The summed E-state index contributed by atoms with van der Waals surface area (Å²) in [5.41, 5.74) is -1.22. The van der Waals surface area contributed by atoms with Crippen LogP contribution in [0.25, 0.3) is 0 Å². The van der Waals surface area contributed by atoms with Gasteiger partial charge in [0.2, 0.25) is 5.91 Å². The van der Waals surface area contributed by atoms with E-state index in [-0.39, 0.29) is 24.1 Å². The molecule has 27 heavy (non-hydrogen) atoms. The fraction of sp³-hybridized carbons (Fsp3) is 0.800. The molecule has 0 atom stereocenters. The minimum absolute atomic E-state index is 0.108. The Bertz CT molecular complexity index is 562. The van der Waals surface area contributed by atoms with Crippen LogP contribution in [0.5, 0.6) is 0 Å². The molecule has 2 aliphatic rings. The van der Waals surface area contributed by atoms with Gasteiger partial charge < -0.3 is 20.4 Å². The second-order valence-corrected chi connectivity index (χ2v) is 8.54. The van der Waals surface area contributed by atoms with E-state index in [0.717, 1.165) is 58.3 Å². The van der Waals surface area contributed by atoms with E-state index >= 15 is 0 Å². The van der Waals surface area contributed by atoms with Gasteiger partial charge in [-0.15, -0.1) is 0 Å². The lowest BCUT2D eigenvalue weighted by Crippen LogP contribution is -2.54. The first kappa shape index (κ1) is 21.9. The fourth-order valence-corrected chi connectivity index (χ4v) is 3.88. The standard InChI is InChI=1S/C20H35N3O4/c1-19(2,23(3)13-15-6-10-27-11-7-15)18(26)22-17(25)12-16(21)20(14-24)8-4-5-9-20/h12,15,21,24-25H,4-11,13-14H2,1-3H3,(H,22,26)/b17-12-,21-16?. The number of carbonyl (C=O) groups is 1. The third-order valence-electron chi connectivity index (χ3n) is 6.34. The zero-order chi connectivity index (χ0) is 20.1. The number of allylic oxidation sites excluding steroid dienone is 1. The Morgan fingerprint density at radius 1 is 1.33 bits per heavy atom. The Morgan fingerprint density at radius 2 is 1.93 bits per heavy atom.